The Kier molecular flexibility index (Phi) is 8.61. The summed E-state index contributed by atoms with van der Waals surface area (Å²) in [6, 6.07) is 19.5. The third kappa shape index (κ3) is 6.55. The molecule has 216 valence electrons. The molecular weight excluding hydrogens is 524 g/mol. The summed E-state index contributed by atoms with van der Waals surface area (Å²) in [6.45, 7) is 5.58. The SMILES string of the molecule is C[C@H](CO)N1C[C@H](C)[C@H](CN(C)Cc2ccccc2)Oc2c(NC(=O)Nc3ccc4c(c3)OCO4)cccc2C1=O. The van der Waals surface area contributed by atoms with E-state index in [4.69, 9.17) is 14.2 Å². The van der Waals surface area contributed by atoms with E-state index in [1.807, 2.05) is 39.1 Å². The van der Waals surface area contributed by atoms with Crippen molar-refractivity contribution in [3.05, 3.63) is 77.9 Å². The van der Waals surface area contributed by atoms with Crippen molar-refractivity contribution in [3.8, 4) is 17.2 Å². The molecule has 3 N–H and O–H groups in total. The highest BCUT2D eigenvalue weighted by molar-refractivity contribution is 6.04. The van der Waals surface area contributed by atoms with Crippen LogP contribution in [0.5, 0.6) is 17.2 Å². The van der Waals surface area contributed by atoms with E-state index in [1.165, 1.54) is 5.56 Å². The van der Waals surface area contributed by atoms with Gasteiger partial charge in [0.15, 0.2) is 17.2 Å². The number of anilines is 2. The number of urea groups is 1. The van der Waals surface area contributed by atoms with Crippen molar-refractivity contribution in [1.82, 2.24) is 9.80 Å². The average molecular weight is 561 g/mol. The molecule has 2 aliphatic rings. The van der Waals surface area contributed by atoms with Crippen molar-refractivity contribution in [3.63, 3.8) is 0 Å². The smallest absolute Gasteiger partial charge is 0.323 e. The minimum absolute atomic E-state index is 0.0603. The van der Waals surface area contributed by atoms with Crippen LogP contribution in [0.4, 0.5) is 16.2 Å². The zero-order chi connectivity index (χ0) is 28.9. The van der Waals surface area contributed by atoms with E-state index in [9.17, 15) is 14.7 Å². The molecule has 3 atom stereocenters. The highest BCUT2D eigenvalue weighted by Gasteiger charge is 2.34. The summed E-state index contributed by atoms with van der Waals surface area (Å²) >= 11 is 0. The van der Waals surface area contributed by atoms with Gasteiger partial charge in [0.2, 0.25) is 6.79 Å². The lowest BCUT2D eigenvalue weighted by Crippen LogP contribution is -2.49. The van der Waals surface area contributed by atoms with Gasteiger partial charge in [0, 0.05) is 37.3 Å². The summed E-state index contributed by atoms with van der Waals surface area (Å²) in [6.07, 6.45) is -0.302. The molecule has 5 rings (SSSR count). The lowest BCUT2D eigenvalue weighted by molar-refractivity contribution is 0.0343. The minimum atomic E-state index is -0.498. The van der Waals surface area contributed by atoms with Crippen molar-refractivity contribution < 1.29 is 28.9 Å². The maximum Gasteiger partial charge on any atom is 0.323 e. The van der Waals surface area contributed by atoms with Crippen LogP contribution in [-0.4, -0.2) is 72.5 Å². The Hall–Kier alpha value is -4.28. The largest absolute Gasteiger partial charge is 0.486 e. The maximum atomic E-state index is 13.7. The number of ether oxygens (including phenoxy) is 3. The van der Waals surface area contributed by atoms with Crippen LogP contribution in [0.1, 0.15) is 29.8 Å². The topological polar surface area (TPSA) is 113 Å². The molecule has 0 unspecified atom stereocenters. The van der Waals surface area contributed by atoms with Gasteiger partial charge in [-0.25, -0.2) is 4.79 Å². The number of hydrogen-bond acceptors (Lipinski definition) is 7. The van der Waals surface area contributed by atoms with Crippen LogP contribution >= 0.6 is 0 Å². The number of aliphatic hydroxyl groups excluding tert-OH is 1. The predicted octanol–water partition coefficient (Wildman–Crippen LogP) is 4.41. The fraction of sp³-hybridized carbons (Fsp3) is 0.355. The summed E-state index contributed by atoms with van der Waals surface area (Å²) in [7, 11) is 2.03. The lowest BCUT2D eigenvalue weighted by atomic mass is 9.99. The zero-order valence-corrected chi connectivity index (χ0v) is 23.5. The Morgan fingerprint density at radius 1 is 1.07 bits per heavy atom. The monoisotopic (exact) mass is 560 g/mol. The molecule has 0 saturated heterocycles. The third-order valence-electron chi connectivity index (χ3n) is 7.36. The quantitative estimate of drug-likeness (QED) is 0.374. The lowest BCUT2D eigenvalue weighted by Gasteiger charge is -2.38. The van der Waals surface area contributed by atoms with Gasteiger partial charge in [0.1, 0.15) is 6.10 Å². The molecule has 0 fully saturated rings. The maximum absolute atomic E-state index is 13.7. The second-order valence-corrected chi connectivity index (χ2v) is 10.6. The van der Waals surface area contributed by atoms with E-state index in [-0.39, 0.29) is 37.4 Å². The Bertz CT molecular complexity index is 1380. The summed E-state index contributed by atoms with van der Waals surface area (Å²) in [5.74, 6) is 1.15. The first-order valence-corrected chi connectivity index (χ1v) is 13.7. The number of amides is 3. The third-order valence-corrected chi connectivity index (χ3v) is 7.36. The number of fused-ring (bicyclic) bond motifs is 2. The fourth-order valence-corrected chi connectivity index (χ4v) is 5.09. The number of likely N-dealkylation sites (N-methyl/N-ethyl adjacent to an activating group) is 1. The molecule has 41 heavy (non-hydrogen) atoms. The normalized spacial score (nSPS) is 18.7. The highest BCUT2D eigenvalue weighted by Crippen LogP contribution is 2.36. The first kappa shape index (κ1) is 28.3. The Morgan fingerprint density at radius 3 is 2.63 bits per heavy atom. The van der Waals surface area contributed by atoms with E-state index in [0.29, 0.717) is 47.3 Å². The number of nitrogens with zero attached hydrogens (tertiary/aromatic N) is 2. The van der Waals surface area contributed by atoms with E-state index in [1.54, 1.807) is 41.3 Å². The van der Waals surface area contributed by atoms with Gasteiger partial charge in [-0.1, -0.05) is 43.3 Å². The standard InChI is InChI=1S/C31H36N4O6/c1-20-15-35(21(2)18-36)30(37)24-10-7-11-25(33-31(38)32-23-12-13-26-27(14-23)40-19-39-26)29(24)41-28(20)17-34(3)16-22-8-5-4-6-9-22/h4-14,20-21,28,36H,15-19H2,1-3H3,(H2,32,33,38)/t20-,21+,28-/m0/s1. The minimum Gasteiger partial charge on any atom is -0.486 e. The number of carbonyl (C=O) groups excluding carboxylic acids is 2. The number of benzene rings is 3. The molecule has 3 aromatic carbocycles. The Labute approximate surface area is 239 Å². The van der Waals surface area contributed by atoms with E-state index >= 15 is 0 Å². The van der Waals surface area contributed by atoms with Crippen LogP contribution in [0.25, 0.3) is 0 Å². The van der Waals surface area contributed by atoms with Gasteiger partial charge in [-0.2, -0.15) is 0 Å². The second kappa shape index (κ2) is 12.5. The highest BCUT2D eigenvalue weighted by atomic mass is 16.7. The number of aliphatic hydroxyl groups is 1. The van der Waals surface area contributed by atoms with Gasteiger partial charge < -0.3 is 34.9 Å². The van der Waals surface area contributed by atoms with E-state index < -0.39 is 6.03 Å². The molecule has 3 amide bonds. The van der Waals surface area contributed by atoms with E-state index in [0.717, 1.165) is 6.54 Å². The summed E-state index contributed by atoms with van der Waals surface area (Å²) in [4.78, 5) is 30.6. The van der Waals surface area contributed by atoms with Crippen molar-refractivity contribution in [2.24, 2.45) is 5.92 Å². The Morgan fingerprint density at radius 2 is 1.85 bits per heavy atom. The van der Waals surface area contributed by atoms with Gasteiger partial charge in [-0.15, -0.1) is 0 Å². The zero-order valence-electron chi connectivity index (χ0n) is 23.5. The summed E-state index contributed by atoms with van der Waals surface area (Å²) in [5, 5.41) is 15.6. The Balaban J connectivity index is 1.41. The van der Waals surface area contributed by atoms with Gasteiger partial charge in [-0.05, 0) is 43.8 Å². The number of nitrogens with one attached hydrogen (secondary N) is 2. The van der Waals surface area contributed by atoms with Crippen molar-refractivity contribution in [2.45, 2.75) is 32.5 Å². The molecule has 0 radical (unpaired) electrons. The van der Waals surface area contributed by atoms with Gasteiger partial charge in [-0.3, -0.25) is 9.69 Å². The molecule has 0 aromatic heterocycles. The fourth-order valence-electron chi connectivity index (χ4n) is 5.09. The number of rotatable bonds is 8. The van der Waals surface area contributed by atoms with E-state index in [2.05, 4.69) is 27.7 Å². The van der Waals surface area contributed by atoms with Gasteiger partial charge in [0.05, 0.1) is 23.9 Å². The molecule has 3 aromatic rings. The molecule has 10 nitrogen and oxygen atoms in total. The van der Waals surface area contributed by atoms with Crippen LogP contribution in [0.3, 0.4) is 0 Å². The number of hydrogen-bond donors (Lipinski definition) is 3. The predicted molar refractivity (Wildman–Crippen MR) is 156 cm³/mol. The van der Waals surface area contributed by atoms with Crippen LogP contribution in [-0.2, 0) is 6.54 Å². The van der Waals surface area contributed by atoms with Crippen molar-refractivity contribution in [1.29, 1.82) is 0 Å². The molecule has 0 bridgehead atoms. The molecule has 2 heterocycles. The first-order valence-electron chi connectivity index (χ1n) is 13.7. The molecule has 0 aliphatic carbocycles. The average Bonchev–Trinajstić information content (AvgIpc) is 3.43. The first-order chi connectivity index (χ1) is 19.8. The molecule has 0 spiro atoms. The summed E-state index contributed by atoms with van der Waals surface area (Å²) < 4.78 is 17.3. The molecule has 10 heteroatoms. The summed E-state index contributed by atoms with van der Waals surface area (Å²) in [5.41, 5.74) is 2.41. The van der Waals surface area contributed by atoms with Crippen LogP contribution < -0.4 is 24.8 Å². The van der Waals surface area contributed by atoms with Crippen molar-refractivity contribution in [2.75, 3.05) is 44.2 Å². The molecule has 0 saturated carbocycles. The van der Waals surface area contributed by atoms with Crippen LogP contribution in [0.2, 0.25) is 0 Å². The van der Waals surface area contributed by atoms with Crippen LogP contribution in [0, 0.1) is 5.92 Å². The van der Waals surface area contributed by atoms with Crippen molar-refractivity contribution >= 4 is 23.3 Å². The number of para-hydroxylation sites is 1. The second-order valence-electron chi connectivity index (χ2n) is 10.6. The van der Waals surface area contributed by atoms with Gasteiger partial charge in [0.25, 0.3) is 5.91 Å². The number of carbonyl (C=O) groups is 2. The van der Waals surface area contributed by atoms with Gasteiger partial charge >= 0.3 is 6.03 Å². The van der Waals surface area contributed by atoms with Crippen LogP contribution in [0.15, 0.2) is 66.7 Å². The molecule has 2 aliphatic heterocycles. The molecular formula is C31H36N4O6.